The van der Waals surface area contributed by atoms with Crippen molar-refractivity contribution < 1.29 is 9.32 Å². The Balaban J connectivity index is 1.43. The van der Waals surface area contributed by atoms with E-state index in [0.717, 1.165) is 47.0 Å². The van der Waals surface area contributed by atoms with Crippen LogP contribution in [0.1, 0.15) is 35.9 Å². The number of carbonyl (C=O) groups excluding carboxylic acids is 1. The highest BCUT2D eigenvalue weighted by atomic mass is 32.2. The number of aryl methyl sites for hydroxylation is 2. The Morgan fingerprint density at radius 1 is 1.40 bits per heavy atom. The molecule has 3 heterocycles. The molecule has 1 saturated heterocycles. The number of imidazole rings is 1. The van der Waals surface area contributed by atoms with Gasteiger partial charge in [-0.25, -0.2) is 4.98 Å². The van der Waals surface area contributed by atoms with Gasteiger partial charge in [0.05, 0.1) is 28.5 Å². The van der Waals surface area contributed by atoms with Crippen LogP contribution in [0.15, 0.2) is 33.9 Å². The quantitative estimate of drug-likeness (QED) is 0.723. The van der Waals surface area contributed by atoms with Gasteiger partial charge in [0.1, 0.15) is 0 Å². The number of carbonyl (C=O) groups is 1. The van der Waals surface area contributed by atoms with Gasteiger partial charge in [-0.1, -0.05) is 23.0 Å². The maximum atomic E-state index is 12.7. The summed E-state index contributed by atoms with van der Waals surface area (Å²) in [5, 5.41) is 4.72. The predicted molar refractivity (Wildman–Crippen MR) is 96.5 cm³/mol. The molecule has 1 amide bonds. The lowest BCUT2D eigenvalue weighted by atomic mass is 10.1. The first kappa shape index (κ1) is 16.2. The van der Waals surface area contributed by atoms with Crippen LogP contribution in [0.2, 0.25) is 0 Å². The number of thioether (sulfide) groups is 1. The Hall–Kier alpha value is -2.28. The first-order valence-corrected chi connectivity index (χ1v) is 9.40. The van der Waals surface area contributed by atoms with E-state index in [4.69, 9.17) is 4.52 Å². The Morgan fingerprint density at radius 3 is 3.08 bits per heavy atom. The number of nitrogens with zero attached hydrogens (tertiary/aromatic N) is 3. The summed E-state index contributed by atoms with van der Waals surface area (Å²) >= 11 is 1.45. The van der Waals surface area contributed by atoms with E-state index in [1.807, 2.05) is 30.0 Å². The van der Waals surface area contributed by atoms with E-state index in [0.29, 0.717) is 5.75 Å². The molecular formula is C18H20N4O2S. The minimum Gasteiger partial charge on any atom is -0.359 e. The number of rotatable bonds is 4. The van der Waals surface area contributed by atoms with Gasteiger partial charge in [0.15, 0.2) is 10.9 Å². The van der Waals surface area contributed by atoms with Crippen molar-refractivity contribution in [3.05, 3.63) is 41.3 Å². The number of benzene rings is 1. The van der Waals surface area contributed by atoms with Gasteiger partial charge in [-0.3, -0.25) is 4.79 Å². The first-order valence-electron chi connectivity index (χ1n) is 8.42. The largest absolute Gasteiger partial charge is 0.359 e. The molecule has 130 valence electrons. The van der Waals surface area contributed by atoms with Gasteiger partial charge in [0, 0.05) is 12.6 Å². The maximum Gasteiger partial charge on any atom is 0.233 e. The zero-order chi connectivity index (χ0) is 17.4. The number of H-pyrrole nitrogens is 1. The van der Waals surface area contributed by atoms with E-state index in [9.17, 15) is 4.79 Å². The third kappa shape index (κ3) is 3.28. The average molecular weight is 356 g/mol. The zero-order valence-electron chi connectivity index (χ0n) is 14.3. The van der Waals surface area contributed by atoms with Crippen LogP contribution < -0.4 is 0 Å². The molecule has 1 fully saturated rings. The lowest BCUT2D eigenvalue weighted by Crippen LogP contribution is -2.31. The molecule has 2 aromatic heterocycles. The fourth-order valence-electron chi connectivity index (χ4n) is 3.28. The van der Waals surface area contributed by atoms with Crippen LogP contribution in [-0.2, 0) is 4.79 Å². The molecule has 1 atom stereocenters. The second kappa shape index (κ2) is 6.55. The zero-order valence-corrected chi connectivity index (χ0v) is 15.1. The number of likely N-dealkylation sites (tertiary alicyclic amines) is 1. The lowest BCUT2D eigenvalue weighted by molar-refractivity contribution is -0.129. The minimum atomic E-state index is 0.00706. The molecule has 6 nitrogen and oxygen atoms in total. The van der Waals surface area contributed by atoms with Gasteiger partial charge in [-0.05, 0) is 44.4 Å². The maximum absolute atomic E-state index is 12.7. The van der Waals surface area contributed by atoms with E-state index < -0.39 is 0 Å². The highest BCUT2D eigenvalue weighted by Gasteiger charge is 2.32. The molecule has 7 heteroatoms. The highest BCUT2D eigenvalue weighted by Crippen LogP contribution is 2.33. The van der Waals surface area contributed by atoms with Crippen molar-refractivity contribution in [3.8, 4) is 0 Å². The van der Waals surface area contributed by atoms with Crippen molar-refractivity contribution in [2.45, 2.75) is 37.9 Å². The monoisotopic (exact) mass is 356 g/mol. The minimum absolute atomic E-state index is 0.00706. The van der Waals surface area contributed by atoms with Gasteiger partial charge >= 0.3 is 0 Å². The van der Waals surface area contributed by atoms with E-state index in [1.54, 1.807) is 0 Å². The van der Waals surface area contributed by atoms with Crippen LogP contribution in [0.4, 0.5) is 0 Å². The van der Waals surface area contributed by atoms with Crippen LogP contribution in [-0.4, -0.2) is 38.2 Å². The molecular weight excluding hydrogens is 336 g/mol. The number of hydrogen-bond acceptors (Lipinski definition) is 5. The molecule has 0 saturated carbocycles. The van der Waals surface area contributed by atoms with E-state index in [1.165, 1.54) is 17.3 Å². The highest BCUT2D eigenvalue weighted by molar-refractivity contribution is 7.99. The Labute approximate surface area is 150 Å². The van der Waals surface area contributed by atoms with Crippen LogP contribution in [0.3, 0.4) is 0 Å². The van der Waals surface area contributed by atoms with Crippen molar-refractivity contribution in [1.82, 2.24) is 20.0 Å². The second-order valence-electron chi connectivity index (χ2n) is 6.47. The van der Waals surface area contributed by atoms with E-state index >= 15 is 0 Å². The molecule has 0 unspecified atom stereocenters. The number of amides is 1. The summed E-state index contributed by atoms with van der Waals surface area (Å²) in [5.74, 6) is 1.26. The normalized spacial score (nSPS) is 17.5. The van der Waals surface area contributed by atoms with Gasteiger partial charge in [0.25, 0.3) is 0 Å². The average Bonchev–Trinajstić information content (AvgIpc) is 3.30. The van der Waals surface area contributed by atoms with Crippen molar-refractivity contribution in [2.75, 3.05) is 12.3 Å². The van der Waals surface area contributed by atoms with Gasteiger partial charge in [-0.2, -0.15) is 0 Å². The number of aromatic nitrogens is 3. The Morgan fingerprint density at radius 2 is 2.28 bits per heavy atom. The SMILES string of the molecule is Cc1ccc2nc(SCC(=O)N3CCC[C@H]3c3cc(C)no3)[nH]c2c1. The van der Waals surface area contributed by atoms with Crippen LogP contribution in [0.25, 0.3) is 11.0 Å². The van der Waals surface area contributed by atoms with Crippen molar-refractivity contribution in [2.24, 2.45) is 0 Å². The van der Waals surface area contributed by atoms with Crippen molar-refractivity contribution >= 4 is 28.7 Å². The fourth-order valence-corrected chi connectivity index (χ4v) is 4.05. The van der Waals surface area contributed by atoms with Crippen LogP contribution in [0, 0.1) is 13.8 Å². The number of nitrogens with one attached hydrogen (secondary N) is 1. The molecule has 0 aliphatic carbocycles. The number of fused-ring (bicyclic) bond motifs is 1. The molecule has 25 heavy (non-hydrogen) atoms. The van der Waals surface area contributed by atoms with Gasteiger partial charge < -0.3 is 14.4 Å². The van der Waals surface area contributed by atoms with E-state index in [-0.39, 0.29) is 11.9 Å². The van der Waals surface area contributed by atoms with Crippen LogP contribution >= 0.6 is 11.8 Å². The topological polar surface area (TPSA) is 75.0 Å². The summed E-state index contributed by atoms with van der Waals surface area (Å²) in [6.07, 6.45) is 1.92. The summed E-state index contributed by atoms with van der Waals surface area (Å²) in [6, 6.07) is 8.03. The fraction of sp³-hybridized carbons (Fsp3) is 0.389. The van der Waals surface area contributed by atoms with Crippen molar-refractivity contribution in [3.63, 3.8) is 0 Å². The lowest BCUT2D eigenvalue weighted by Gasteiger charge is -2.22. The predicted octanol–water partition coefficient (Wildman–Crippen LogP) is 3.62. The second-order valence-corrected chi connectivity index (χ2v) is 7.43. The summed E-state index contributed by atoms with van der Waals surface area (Å²) in [7, 11) is 0. The van der Waals surface area contributed by atoms with Crippen LogP contribution in [0.5, 0.6) is 0 Å². The summed E-state index contributed by atoms with van der Waals surface area (Å²) < 4.78 is 5.37. The van der Waals surface area contributed by atoms with E-state index in [2.05, 4.69) is 28.1 Å². The summed E-state index contributed by atoms with van der Waals surface area (Å²) in [5.41, 5.74) is 3.97. The van der Waals surface area contributed by atoms with Gasteiger partial charge in [0.2, 0.25) is 5.91 Å². The molecule has 0 spiro atoms. The van der Waals surface area contributed by atoms with Crippen molar-refractivity contribution in [1.29, 1.82) is 0 Å². The number of aromatic amines is 1. The molecule has 1 aliphatic rings. The standard InChI is InChI=1S/C18H20N4O2S/c1-11-5-6-13-14(8-11)20-18(19-13)25-10-17(23)22-7-3-4-15(22)16-9-12(2)21-24-16/h5-6,8-9,15H,3-4,7,10H2,1-2H3,(H,19,20)/t15-/m0/s1. The molecule has 0 bridgehead atoms. The Bertz CT molecular complexity index is 917. The molecule has 3 aromatic rings. The Kier molecular flexibility index (Phi) is 4.25. The molecule has 1 N–H and O–H groups in total. The molecule has 0 radical (unpaired) electrons. The smallest absolute Gasteiger partial charge is 0.233 e. The third-order valence-corrected chi connectivity index (χ3v) is 5.35. The molecule has 1 aromatic carbocycles. The summed E-state index contributed by atoms with van der Waals surface area (Å²) in [6.45, 7) is 4.71. The van der Waals surface area contributed by atoms with Gasteiger partial charge in [-0.15, -0.1) is 0 Å². The third-order valence-electron chi connectivity index (χ3n) is 4.50. The summed E-state index contributed by atoms with van der Waals surface area (Å²) in [4.78, 5) is 22.4. The number of hydrogen-bond donors (Lipinski definition) is 1. The molecule has 4 rings (SSSR count). The molecule has 1 aliphatic heterocycles. The first-order chi connectivity index (χ1) is 12.1.